The number of benzene rings is 4. The molecular weight excluding hydrogens is 522 g/mol. The fraction of sp³-hybridized carbons (Fsp3) is 0.121. The van der Waals surface area contributed by atoms with E-state index in [9.17, 15) is 8.78 Å². The molecule has 1 atom stereocenters. The van der Waals surface area contributed by atoms with Crippen molar-refractivity contribution in [3.05, 3.63) is 126 Å². The number of hydrazone groups is 1. The quantitative estimate of drug-likeness (QED) is 0.211. The Morgan fingerprint density at radius 1 is 0.634 bits per heavy atom. The number of halogens is 2. The number of methoxy groups -OCH3 is 2. The average molecular weight is 549 g/mol. The van der Waals surface area contributed by atoms with Crippen molar-refractivity contribution in [2.75, 3.05) is 19.2 Å². The van der Waals surface area contributed by atoms with Crippen molar-refractivity contribution in [2.24, 2.45) is 5.10 Å². The van der Waals surface area contributed by atoms with E-state index < -0.39 is 0 Å². The normalized spacial score (nSPS) is 14.6. The van der Waals surface area contributed by atoms with E-state index in [1.54, 1.807) is 43.5 Å². The summed E-state index contributed by atoms with van der Waals surface area (Å²) in [6.45, 7) is 0. The van der Waals surface area contributed by atoms with Gasteiger partial charge in [0.15, 0.2) is 0 Å². The number of rotatable bonds is 7. The molecule has 6 nitrogen and oxygen atoms in total. The minimum atomic E-state index is -0.328. The van der Waals surface area contributed by atoms with Crippen molar-refractivity contribution in [3.63, 3.8) is 0 Å². The average Bonchev–Trinajstić information content (AvgIpc) is 3.47. The van der Waals surface area contributed by atoms with Crippen molar-refractivity contribution in [3.8, 4) is 34.0 Å². The van der Waals surface area contributed by atoms with E-state index in [1.165, 1.54) is 24.3 Å². The Bertz CT molecular complexity index is 1690. The molecule has 1 unspecified atom stereocenters. The fourth-order valence-corrected chi connectivity index (χ4v) is 4.81. The van der Waals surface area contributed by atoms with Crippen LogP contribution in [0.1, 0.15) is 23.6 Å². The largest absolute Gasteiger partial charge is 0.497 e. The molecule has 1 aromatic heterocycles. The van der Waals surface area contributed by atoms with Crippen LogP contribution in [0.4, 0.5) is 14.7 Å². The highest BCUT2D eigenvalue weighted by Gasteiger charge is 2.32. The lowest BCUT2D eigenvalue weighted by molar-refractivity contribution is 0.414. The predicted molar refractivity (Wildman–Crippen MR) is 155 cm³/mol. The second kappa shape index (κ2) is 11.2. The number of hydrogen-bond acceptors (Lipinski definition) is 6. The number of ether oxygens (including phenoxy) is 2. The fourth-order valence-electron chi connectivity index (χ4n) is 4.81. The Morgan fingerprint density at radius 3 is 1.61 bits per heavy atom. The maximum Gasteiger partial charge on any atom is 0.247 e. The summed E-state index contributed by atoms with van der Waals surface area (Å²) < 4.78 is 38.2. The van der Waals surface area contributed by atoms with Crippen molar-refractivity contribution in [1.82, 2.24) is 9.97 Å². The van der Waals surface area contributed by atoms with Crippen LogP contribution in [0.5, 0.6) is 11.5 Å². The van der Waals surface area contributed by atoms with E-state index in [4.69, 9.17) is 24.5 Å². The van der Waals surface area contributed by atoms with E-state index in [-0.39, 0.29) is 17.7 Å². The SMILES string of the molecule is COc1ccc(-c2cc(-c3ccc(F)cc3)nc(N3N=C(c4ccc(F)cc4)CC3c3ccc(OC)cc3)n2)cc1. The molecule has 0 spiro atoms. The van der Waals surface area contributed by atoms with Crippen LogP contribution in [-0.2, 0) is 0 Å². The number of nitrogens with zero attached hydrogens (tertiary/aromatic N) is 4. The van der Waals surface area contributed by atoms with E-state index in [0.29, 0.717) is 23.8 Å². The van der Waals surface area contributed by atoms with Crippen LogP contribution < -0.4 is 14.5 Å². The molecule has 0 amide bonds. The first kappa shape index (κ1) is 26.1. The summed E-state index contributed by atoms with van der Waals surface area (Å²) in [5.74, 6) is 1.22. The van der Waals surface area contributed by atoms with Crippen LogP contribution in [0.15, 0.2) is 108 Å². The van der Waals surface area contributed by atoms with Gasteiger partial charge in [0.05, 0.1) is 37.4 Å². The molecule has 0 bridgehead atoms. The minimum Gasteiger partial charge on any atom is -0.497 e. The molecule has 204 valence electrons. The molecule has 4 aromatic carbocycles. The van der Waals surface area contributed by atoms with Gasteiger partial charge >= 0.3 is 0 Å². The maximum atomic E-state index is 13.8. The summed E-state index contributed by atoms with van der Waals surface area (Å²) in [5, 5.41) is 6.77. The number of hydrogen-bond donors (Lipinski definition) is 0. The van der Waals surface area contributed by atoms with Gasteiger partial charge in [0.25, 0.3) is 0 Å². The van der Waals surface area contributed by atoms with Crippen molar-refractivity contribution >= 4 is 11.7 Å². The topological polar surface area (TPSA) is 59.8 Å². The Balaban J connectivity index is 1.50. The van der Waals surface area contributed by atoms with Gasteiger partial charge in [0.2, 0.25) is 5.95 Å². The molecule has 0 aliphatic carbocycles. The van der Waals surface area contributed by atoms with Crippen LogP contribution in [0.25, 0.3) is 22.5 Å². The monoisotopic (exact) mass is 548 g/mol. The number of anilines is 1. The zero-order chi connectivity index (χ0) is 28.3. The molecule has 8 heteroatoms. The first-order valence-electron chi connectivity index (χ1n) is 13.1. The van der Waals surface area contributed by atoms with Crippen LogP contribution in [0, 0.1) is 11.6 Å². The smallest absolute Gasteiger partial charge is 0.247 e. The molecular formula is C33H26F2N4O2. The highest BCUT2D eigenvalue weighted by atomic mass is 19.1. The van der Waals surface area contributed by atoms with E-state index >= 15 is 0 Å². The van der Waals surface area contributed by atoms with E-state index in [0.717, 1.165) is 39.5 Å². The van der Waals surface area contributed by atoms with Gasteiger partial charge in [-0.3, -0.25) is 0 Å². The van der Waals surface area contributed by atoms with Gasteiger partial charge in [-0.2, -0.15) is 5.10 Å². The summed E-state index contributed by atoms with van der Waals surface area (Å²) in [4.78, 5) is 9.85. The van der Waals surface area contributed by atoms with Gasteiger partial charge in [-0.1, -0.05) is 24.3 Å². The first-order chi connectivity index (χ1) is 20.0. The lowest BCUT2D eigenvalue weighted by Gasteiger charge is -2.23. The van der Waals surface area contributed by atoms with Crippen LogP contribution >= 0.6 is 0 Å². The zero-order valence-corrected chi connectivity index (χ0v) is 22.5. The van der Waals surface area contributed by atoms with Crippen molar-refractivity contribution in [2.45, 2.75) is 12.5 Å². The van der Waals surface area contributed by atoms with Gasteiger partial charge < -0.3 is 9.47 Å². The highest BCUT2D eigenvalue weighted by molar-refractivity contribution is 6.03. The standard InChI is InChI=1S/C33H26F2N4O2/c1-40-27-15-7-22(8-16-27)30-19-29(21-3-11-25(34)12-4-21)36-33(37-30)39-32(24-9-17-28(41-2)18-10-24)20-31(38-39)23-5-13-26(35)14-6-23/h3-19,32H,20H2,1-2H3. The molecule has 5 aromatic rings. The molecule has 0 saturated carbocycles. The third-order valence-electron chi connectivity index (χ3n) is 7.03. The van der Waals surface area contributed by atoms with E-state index in [1.807, 2.05) is 54.6 Å². The Morgan fingerprint density at radius 2 is 1.10 bits per heavy atom. The van der Waals surface area contributed by atoms with Crippen LogP contribution in [-0.4, -0.2) is 29.9 Å². The Kier molecular flexibility index (Phi) is 7.12. The number of aromatic nitrogens is 2. The van der Waals surface area contributed by atoms with Gasteiger partial charge in [0, 0.05) is 17.5 Å². The Hall–Kier alpha value is -5.11. The highest BCUT2D eigenvalue weighted by Crippen LogP contribution is 2.38. The summed E-state index contributed by atoms with van der Waals surface area (Å²) in [6, 6.07) is 29.5. The zero-order valence-electron chi connectivity index (χ0n) is 22.5. The lowest BCUT2D eigenvalue weighted by atomic mass is 9.98. The summed E-state index contributed by atoms with van der Waals surface area (Å²) in [6.07, 6.45) is 0.556. The molecule has 0 radical (unpaired) electrons. The molecule has 6 rings (SSSR count). The summed E-state index contributed by atoms with van der Waals surface area (Å²) >= 11 is 0. The third-order valence-corrected chi connectivity index (χ3v) is 7.03. The van der Waals surface area contributed by atoms with Crippen LogP contribution in [0.3, 0.4) is 0 Å². The third kappa shape index (κ3) is 5.49. The molecule has 0 fully saturated rings. The summed E-state index contributed by atoms with van der Waals surface area (Å²) in [5.41, 5.74) is 5.50. The first-order valence-corrected chi connectivity index (χ1v) is 13.1. The maximum absolute atomic E-state index is 13.8. The molecule has 41 heavy (non-hydrogen) atoms. The Labute approximate surface area is 236 Å². The van der Waals surface area contributed by atoms with Gasteiger partial charge in [0.1, 0.15) is 23.1 Å². The minimum absolute atomic E-state index is 0.229. The second-order valence-electron chi connectivity index (χ2n) is 9.57. The molecule has 1 aliphatic heterocycles. The molecule has 2 heterocycles. The van der Waals surface area contributed by atoms with Gasteiger partial charge in [-0.25, -0.2) is 23.8 Å². The lowest BCUT2D eigenvalue weighted by Crippen LogP contribution is -2.21. The van der Waals surface area contributed by atoms with Gasteiger partial charge in [-0.05, 0) is 90.0 Å². The second-order valence-corrected chi connectivity index (χ2v) is 9.57. The molecule has 0 N–H and O–H groups in total. The van der Waals surface area contributed by atoms with Gasteiger partial charge in [-0.15, -0.1) is 0 Å². The predicted octanol–water partition coefficient (Wildman–Crippen LogP) is 7.46. The van der Waals surface area contributed by atoms with Crippen molar-refractivity contribution in [1.29, 1.82) is 0 Å². The van der Waals surface area contributed by atoms with Crippen molar-refractivity contribution < 1.29 is 18.3 Å². The molecule has 0 saturated heterocycles. The molecule has 1 aliphatic rings. The van der Waals surface area contributed by atoms with E-state index in [2.05, 4.69) is 0 Å². The van der Waals surface area contributed by atoms with Crippen LogP contribution in [0.2, 0.25) is 0 Å². The summed E-state index contributed by atoms with van der Waals surface area (Å²) in [7, 11) is 3.25.